The zero-order valence-electron chi connectivity index (χ0n) is 17.7. The minimum Gasteiger partial charge on any atom is -0.461 e. The second-order valence-electron chi connectivity index (χ2n) is 8.26. The van der Waals surface area contributed by atoms with Crippen molar-refractivity contribution in [3.05, 3.63) is 51.3 Å². The lowest BCUT2D eigenvalue weighted by atomic mass is 9.92. The molecule has 1 amide bonds. The Labute approximate surface area is 178 Å². The van der Waals surface area contributed by atoms with Gasteiger partial charge in [0.05, 0.1) is 17.7 Å². The average molecular weight is 428 g/mol. The zero-order valence-corrected chi connectivity index (χ0v) is 18.6. The van der Waals surface area contributed by atoms with Crippen molar-refractivity contribution in [1.29, 1.82) is 0 Å². The number of esters is 1. The van der Waals surface area contributed by atoms with Crippen molar-refractivity contribution in [2.24, 2.45) is 5.41 Å². The molecular formula is C22H25N3O4S. The Morgan fingerprint density at radius 2 is 1.87 bits per heavy atom. The number of ether oxygens (including phenoxy) is 1. The SMILES string of the molecule is CCOC(=O)c1nn(-c2ccc(C)cc2)c(=O)c2c(NC(=O)CC(C)(C)C)scc12. The molecule has 3 aromatic rings. The number of hydrogen-bond donors (Lipinski definition) is 1. The van der Waals surface area contributed by atoms with E-state index in [2.05, 4.69) is 10.4 Å². The van der Waals surface area contributed by atoms with E-state index in [1.165, 1.54) is 16.0 Å². The lowest BCUT2D eigenvalue weighted by Crippen LogP contribution is -2.26. The summed E-state index contributed by atoms with van der Waals surface area (Å²) in [6, 6.07) is 7.23. The maximum atomic E-state index is 13.3. The number of rotatable bonds is 5. The van der Waals surface area contributed by atoms with Gasteiger partial charge in [0.25, 0.3) is 5.56 Å². The van der Waals surface area contributed by atoms with Gasteiger partial charge in [0.1, 0.15) is 5.00 Å². The first kappa shape index (κ1) is 21.7. The van der Waals surface area contributed by atoms with Crippen LogP contribution in [0.15, 0.2) is 34.4 Å². The first-order valence-corrected chi connectivity index (χ1v) is 10.6. The van der Waals surface area contributed by atoms with E-state index in [4.69, 9.17) is 4.74 Å². The topological polar surface area (TPSA) is 90.3 Å². The van der Waals surface area contributed by atoms with Crippen molar-refractivity contribution in [2.75, 3.05) is 11.9 Å². The number of fused-ring (bicyclic) bond motifs is 1. The molecule has 0 bridgehead atoms. The first-order valence-electron chi connectivity index (χ1n) is 9.69. The van der Waals surface area contributed by atoms with E-state index in [0.717, 1.165) is 5.56 Å². The molecule has 0 saturated heterocycles. The molecule has 0 atom stereocenters. The minimum absolute atomic E-state index is 0.0413. The van der Waals surface area contributed by atoms with Crippen LogP contribution in [0.1, 0.15) is 50.2 Å². The van der Waals surface area contributed by atoms with Crippen LogP contribution in [-0.2, 0) is 9.53 Å². The van der Waals surface area contributed by atoms with Gasteiger partial charge in [-0.2, -0.15) is 9.78 Å². The molecule has 2 aromatic heterocycles. The van der Waals surface area contributed by atoms with Crippen LogP contribution in [0.5, 0.6) is 0 Å². The van der Waals surface area contributed by atoms with Crippen molar-refractivity contribution in [3.8, 4) is 5.69 Å². The van der Waals surface area contributed by atoms with Crippen molar-refractivity contribution in [3.63, 3.8) is 0 Å². The number of nitrogens with one attached hydrogen (secondary N) is 1. The number of thiophene rings is 1. The van der Waals surface area contributed by atoms with Crippen molar-refractivity contribution < 1.29 is 14.3 Å². The fraction of sp³-hybridized carbons (Fsp3) is 0.364. The van der Waals surface area contributed by atoms with Crippen LogP contribution in [0.2, 0.25) is 0 Å². The van der Waals surface area contributed by atoms with Crippen LogP contribution >= 0.6 is 11.3 Å². The van der Waals surface area contributed by atoms with E-state index in [-0.39, 0.29) is 29.0 Å². The van der Waals surface area contributed by atoms with E-state index in [1.807, 2.05) is 39.8 Å². The Bertz CT molecular complexity index is 1150. The summed E-state index contributed by atoms with van der Waals surface area (Å²) in [5, 5.41) is 9.81. The van der Waals surface area contributed by atoms with Gasteiger partial charge >= 0.3 is 5.97 Å². The Kier molecular flexibility index (Phi) is 6.07. The third-order valence-corrected chi connectivity index (χ3v) is 5.24. The molecule has 3 rings (SSSR count). The Hall–Kier alpha value is -3.00. The van der Waals surface area contributed by atoms with E-state index in [0.29, 0.717) is 22.5 Å². The number of hydrogen-bond acceptors (Lipinski definition) is 6. The molecule has 0 spiro atoms. The molecule has 1 aromatic carbocycles. The van der Waals surface area contributed by atoms with E-state index < -0.39 is 11.5 Å². The molecule has 0 radical (unpaired) electrons. The standard InChI is InChI=1S/C22H25N3O4S/c1-6-29-21(28)18-15-12-30-19(23-16(26)11-22(3,4)5)17(15)20(27)25(24-18)14-9-7-13(2)8-10-14/h7-10,12H,6,11H2,1-5H3,(H,23,26). The van der Waals surface area contributed by atoms with Gasteiger partial charge in [-0.05, 0) is 31.4 Å². The van der Waals surface area contributed by atoms with Crippen molar-refractivity contribution in [1.82, 2.24) is 9.78 Å². The molecule has 1 N–H and O–H groups in total. The number of anilines is 1. The number of carbonyl (C=O) groups is 2. The number of benzene rings is 1. The Morgan fingerprint density at radius 1 is 1.20 bits per heavy atom. The fourth-order valence-electron chi connectivity index (χ4n) is 3.01. The maximum Gasteiger partial charge on any atom is 0.359 e. The molecular weight excluding hydrogens is 402 g/mol. The van der Waals surface area contributed by atoms with Gasteiger partial charge in [-0.3, -0.25) is 9.59 Å². The Morgan fingerprint density at radius 3 is 2.47 bits per heavy atom. The summed E-state index contributed by atoms with van der Waals surface area (Å²) in [4.78, 5) is 38.3. The van der Waals surface area contributed by atoms with Crippen LogP contribution in [-0.4, -0.2) is 28.3 Å². The highest BCUT2D eigenvalue weighted by Crippen LogP contribution is 2.31. The highest BCUT2D eigenvalue weighted by molar-refractivity contribution is 7.16. The molecule has 8 heteroatoms. The van der Waals surface area contributed by atoms with Gasteiger partial charge in [0.15, 0.2) is 5.69 Å². The molecule has 7 nitrogen and oxygen atoms in total. The lowest BCUT2D eigenvalue weighted by molar-refractivity contribution is -0.117. The fourth-order valence-corrected chi connectivity index (χ4v) is 3.96. The van der Waals surface area contributed by atoms with Crippen LogP contribution in [0.4, 0.5) is 5.00 Å². The lowest BCUT2D eigenvalue weighted by Gasteiger charge is -2.17. The second-order valence-corrected chi connectivity index (χ2v) is 9.14. The van der Waals surface area contributed by atoms with Crippen LogP contribution in [0.3, 0.4) is 0 Å². The number of carbonyl (C=O) groups excluding carboxylic acids is 2. The molecule has 0 aliphatic carbocycles. The van der Waals surface area contributed by atoms with E-state index in [1.54, 1.807) is 24.4 Å². The van der Waals surface area contributed by atoms with Gasteiger partial charge in [-0.1, -0.05) is 38.5 Å². The van der Waals surface area contributed by atoms with E-state index in [9.17, 15) is 14.4 Å². The minimum atomic E-state index is -0.617. The quantitative estimate of drug-likeness (QED) is 0.613. The molecule has 2 heterocycles. The first-order chi connectivity index (χ1) is 14.1. The predicted molar refractivity (Wildman–Crippen MR) is 119 cm³/mol. The number of amides is 1. The van der Waals surface area contributed by atoms with Crippen LogP contribution < -0.4 is 10.9 Å². The van der Waals surface area contributed by atoms with E-state index >= 15 is 0 Å². The third kappa shape index (κ3) is 4.59. The normalized spacial score (nSPS) is 11.5. The summed E-state index contributed by atoms with van der Waals surface area (Å²) in [6.07, 6.45) is 0.300. The maximum absolute atomic E-state index is 13.3. The predicted octanol–water partition coefficient (Wildman–Crippen LogP) is 4.31. The van der Waals surface area contributed by atoms with Gasteiger partial charge < -0.3 is 10.1 Å². The van der Waals surface area contributed by atoms with Crippen molar-refractivity contribution >= 4 is 39.0 Å². The summed E-state index contributed by atoms with van der Waals surface area (Å²) in [7, 11) is 0. The second kappa shape index (κ2) is 8.39. The van der Waals surface area contributed by atoms with Gasteiger partial charge in [-0.25, -0.2) is 4.79 Å². The van der Waals surface area contributed by atoms with Crippen LogP contribution in [0, 0.1) is 12.3 Å². The molecule has 158 valence electrons. The molecule has 0 saturated carbocycles. The summed E-state index contributed by atoms with van der Waals surface area (Å²) < 4.78 is 6.32. The van der Waals surface area contributed by atoms with Gasteiger partial charge in [0, 0.05) is 17.2 Å². The third-order valence-electron chi connectivity index (χ3n) is 4.34. The molecule has 30 heavy (non-hydrogen) atoms. The largest absolute Gasteiger partial charge is 0.461 e. The summed E-state index contributed by atoms with van der Waals surface area (Å²) in [5.74, 6) is -0.809. The smallest absolute Gasteiger partial charge is 0.359 e. The molecule has 0 aliphatic rings. The molecule has 0 aliphatic heterocycles. The monoisotopic (exact) mass is 427 g/mol. The van der Waals surface area contributed by atoms with Gasteiger partial charge in [0.2, 0.25) is 5.91 Å². The number of nitrogens with zero attached hydrogens (tertiary/aromatic N) is 2. The number of aromatic nitrogens is 2. The summed E-state index contributed by atoms with van der Waals surface area (Å²) in [6.45, 7) is 9.72. The molecule has 0 fully saturated rings. The summed E-state index contributed by atoms with van der Waals surface area (Å²) >= 11 is 1.19. The molecule has 0 unspecified atom stereocenters. The zero-order chi connectivity index (χ0) is 22.1. The highest BCUT2D eigenvalue weighted by atomic mass is 32.1. The number of aryl methyl sites for hydroxylation is 1. The van der Waals surface area contributed by atoms with Crippen LogP contribution in [0.25, 0.3) is 16.5 Å². The average Bonchev–Trinajstić information content (AvgIpc) is 3.05. The van der Waals surface area contributed by atoms with Crippen molar-refractivity contribution in [2.45, 2.75) is 41.0 Å². The Balaban J connectivity index is 2.19. The van der Waals surface area contributed by atoms with Gasteiger partial charge in [-0.15, -0.1) is 11.3 Å². The summed E-state index contributed by atoms with van der Waals surface area (Å²) in [5.41, 5.74) is 0.992. The highest BCUT2D eigenvalue weighted by Gasteiger charge is 2.24.